The minimum absolute atomic E-state index is 0.118. The Hall–Kier alpha value is -2.88. The van der Waals surface area contributed by atoms with Gasteiger partial charge in [0, 0.05) is 22.5 Å². The van der Waals surface area contributed by atoms with E-state index in [0.29, 0.717) is 27.8 Å². The van der Waals surface area contributed by atoms with Crippen molar-refractivity contribution in [2.75, 3.05) is 6.54 Å². The van der Waals surface area contributed by atoms with Gasteiger partial charge in [0.2, 0.25) is 0 Å². The number of hydrogen-bond acceptors (Lipinski definition) is 2. The number of nitrogens with zero attached hydrogens (tertiary/aromatic N) is 1. The fraction of sp³-hybridized carbons (Fsp3) is 0.120. The van der Waals surface area contributed by atoms with E-state index in [1.807, 2.05) is 48.5 Å². The zero-order valence-corrected chi connectivity index (χ0v) is 17.8. The molecule has 0 unspecified atom stereocenters. The standard InChI is InChI=1S/C25H20Cl2N2O/c26-18-12-13-20(22(27)15-18)24-16-21(19-10-4-5-11-23(19)29-24)25(30)28-14-6-9-17-7-2-1-3-8-17/h1-5,7-8,10-13,15-16H,6,9,14H2,(H,28,30). The number of aryl methyl sites for hydroxylation is 1. The molecule has 4 aromatic rings. The maximum Gasteiger partial charge on any atom is 0.252 e. The predicted octanol–water partition coefficient (Wildman–Crippen LogP) is 6.57. The van der Waals surface area contributed by atoms with Crippen molar-refractivity contribution < 1.29 is 4.79 Å². The lowest BCUT2D eigenvalue weighted by atomic mass is 10.0. The van der Waals surface area contributed by atoms with Gasteiger partial charge in [0.15, 0.2) is 0 Å². The van der Waals surface area contributed by atoms with Crippen LogP contribution in [0.2, 0.25) is 10.0 Å². The Balaban J connectivity index is 1.58. The van der Waals surface area contributed by atoms with Gasteiger partial charge in [-0.1, -0.05) is 71.7 Å². The van der Waals surface area contributed by atoms with Gasteiger partial charge < -0.3 is 5.32 Å². The molecule has 0 aliphatic rings. The molecule has 150 valence electrons. The molecule has 0 saturated heterocycles. The molecule has 3 nitrogen and oxygen atoms in total. The first-order valence-electron chi connectivity index (χ1n) is 9.79. The Bertz CT molecular complexity index is 1190. The Morgan fingerprint density at radius 2 is 1.67 bits per heavy atom. The minimum Gasteiger partial charge on any atom is -0.352 e. The van der Waals surface area contributed by atoms with Crippen molar-refractivity contribution in [1.29, 1.82) is 0 Å². The van der Waals surface area contributed by atoms with Gasteiger partial charge in [0.25, 0.3) is 5.91 Å². The molecule has 0 radical (unpaired) electrons. The highest BCUT2D eigenvalue weighted by Gasteiger charge is 2.15. The summed E-state index contributed by atoms with van der Waals surface area (Å²) in [4.78, 5) is 17.7. The molecule has 0 atom stereocenters. The van der Waals surface area contributed by atoms with Crippen LogP contribution in [0.5, 0.6) is 0 Å². The minimum atomic E-state index is -0.118. The number of carbonyl (C=O) groups excluding carboxylic acids is 1. The Morgan fingerprint density at radius 1 is 0.900 bits per heavy atom. The maximum absolute atomic E-state index is 13.0. The monoisotopic (exact) mass is 434 g/mol. The lowest BCUT2D eigenvalue weighted by Crippen LogP contribution is -2.25. The summed E-state index contributed by atoms with van der Waals surface area (Å²) in [6.45, 7) is 0.599. The number of pyridine rings is 1. The van der Waals surface area contributed by atoms with Crippen LogP contribution in [0.3, 0.4) is 0 Å². The van der Waals surface area contributed by atoms with Crippen molar-refractivity contribution in [3.05, 3.63) is 100 Å². The second-order valence-electron chi connectivity index (χ2n) is 7.04. The van der Waals surface area contributed by atoms with Gasteiger partial charge in [-0.25, -0.2) is 4.98 Å². The summed E-state index contributed by atoms with van der Waals surface area (Å²) >= 11 is 12.4. The molecule has 5 heteroatoms. The first kappa shape index (κ1) is 20.4. The highest BCUT2D eigenvalue weighted by molar-refractivity contribution is 6.36. The van der Waals surface area contributed by atoms with E-state index in [1.165, 1.54) is 5.56 Å². The average molecular weight is 435 g/mol. The maximum atomic E-state index is 13.0. The van der Waals surface area contributed by atoms with Gasteiger partial charge in [-0.3, -0.25) is 4.79 Å². The molecule has 3 aromatic carbocycles. The molecule has 0 spiro atoms. The average Bonchev–Trinajstić information content (AvgIpc) is 2.76. The van der Waals surface area contributed by atoms with Crippen molar-refractivity contribution in [3.8, 4) is 11.3 Å². The zero-order chi connectivity index (χ0) is 20.9. The summed E-state index contributed by atoms with van der Waals surface area (Å²) in [6.07, 6.45) is 1.79. The van der Waals surface area contributed by atoms with Crippen LogP contribution in [0, 0.1) is 0 Å². The van der Waals surface area contributed by atoms with Crippen LogP contribution in [0.4, 0.5) is 0 Å². The molecular formula is C25H20Cl2N2O. The number of fused-ring (bicyclic) bond motifs is 1. The second kappa shape index (κ2) is 9.29. The summed E-state index contributed by atoms with van der Waals surface area (Å²) in [7, 11) is 0. The third kappa shape index (κ3) is 4.64. The van der Waals surface area contributed by atoms with Crippen LogP contribution in [-0.2, 0) is 6.42 Å². The number of carbonyl (C=O) groups is 1. The summed E-state index contributed by atoms with van der Waals surface area (Å²) in [5.41, 5.74) is 3.98. The van der Waals surface area contributed by atoms with E-state index in [4.69, 9.17) is 28.2 Å². The van der Waals surface area contributed by atoms with Crippen LogP contribution in [-0.4, -0.2) is 17.4 Å². The highest BCUT2D eigenvalue weighted by atomic mass is 35.5. The number of benzene rings is 3. The SMILES string of the molecule is O=C(NCCCc1ccccc1)c1cc(-c2ccc(Cl)cc2Cl)nc2ccccc12. The molecule has 30 heavy (non-hydrogen) atoms. The van der Waals surface area contributed by atoms with Crippen molar-refractivity contribution in [3.63, 3.8) is 0 Å². The molecule has 0 fully saturated rings. The molecule has 0 saturated carbocycles. The molecule has 1 N–H and O–H groups in total. The van der Waals surface area contributed by atoms with E-state index < -0.39 is 0 Å². The first-order valence-corrected chi connectivity index (χ1v) is 10.5. The van der Waals surface area contributed by atoms with E-state index in [-0.39, 0.29) is 5.91 Å². The van der Waals surface area contributed by atoms with Crippen molar-refractivity contribution in [2.24, 2.45) is 0 Å². The third-order valence-corrected chi connectivity index (χ3v) is 5.49. The van der Waals surface area contributed by atoms with E-state index >= 15 is 0 Å². The number of para-hydroxylation sites is 1. The van der Waals surface area contributed by atoms with Gasteiger partial charge >= 0.3 is 0 Å². The number of amides is 1. The van der Waals surface area contributed by atoms with E-state index in [9.17, 15) is 4.79 Å². The summed E-state index contributed by atoms with van der Waals surface area (Å²) in [5, 5.41) is 4.91. The number of rotatable bonds is 6. The first-order chi connectivity index (χ1) is 14.6. The summed E-state index contributed by atoms with van der Waals surface area (Å²) < 4.78 is 0. The normalized spacial score (nSPS) is 10.9. The quantitative estimate of drug-likeness (QED) is 0.348. The van der Waals surface area contributed by atoms with Crippen LogP contribution in [0.15, 0.2) is 78.9 Å². The number of halogens is 2. The molecule has 1 heterocycles. The smallest absolute Gasteiger partial charge is 0.252 e. The Kier molecular flexibility index (Phi) is 6.32. The Morgan fingerprint density at radius 3 is 2.47 bits per heavy atom. The number of aromatic nitrogens is 1. The molecule has 1 aromatic heterocycles. The van der Waals surface area contributed by atoms with Gasteiger partial charge in [-0.05, 0) is 48.7 Å². The fourth-order valence-electron chi connectivity index (χ4n) is 3.43. The number of hydrogen-bond donors (Lipinski definition) is 1. The lowest BCUT2D eigenvalue weighted by Gasteiger charge is -2.12. The van der Waals surface area contributed by atoms with Gasteiger partial charge in [-0.15, -0.1) is 0 Å². The van der Waals surface area contributed by atoms with E-state index in [2.05, 4.69) is 17.4 Å². The van der Waals surface area contributed by atoms with Gasteiger partial charge in [0.05, 0.1) is 21.8 Å². The molecular weight excluding hydrogens is 415 g/mol. The third-order valence-electron chi connectivity index (χ3n) is 4.94. The Labute approximate surface area is 185 Å². The van der Waals surface area contributed by atoms with Gasteiger partial charge in [0.1, 0.15) is 0 Å². The zero-order valence-electron chi connectivity index (χ0n) is 16.2. The van der Waals surface area contributed by atoms with Crippen LogP contribution < -0.4 is 5.32 Å². The second-order valence-corrected chi connectivity index (χ2v) is 7.89. The van der Waals surface area contributed by atoms with E-state index in [0.717, 1.165) is 29.3 Å². The largest absolute Gasteiger partial charge is 0.352 e. The van der Waals surface area contributed by atoms with Crippen molar-refractivity contribution in [1.82, 2.24) is 10.3 Å². The van der Waals surface area contributed by atoms with Crippen molar-refractivity contribution >= 4 is 40.0 Å². The van der Waals surface area contributed by atoms with Crippen molar-refractivity contribution in [2.45, 2.75) is 12.8 Å². The van der Waals surface area contributed by atoms with E-state index in [1.54, 1.807) is 18.2 Å². The highest BCUT2D eigenvalue weighted by Crippen LogP contribution is 2.31. The summed E-state index contributed by atoms with van der Waals surface area (Å²) in [6, 6.07) is 24.9. The lowest BCUT2D eigenvalue weighted by molar-refractivity contribution is 0.0955. The molecule has 1 amide bonds. The van der Waals surface area contributed by atoms with Gasteiger partial charge in [-0.2, -0.15) is 0 Å². The molecule has 0 aliphatic heterocycles. The molecule has 0 bridgehead atoms. The predicted molar refractivity (Wildman–Crippen MR) is 124 cm³/mol. The molecule has 4 rings (SSSR count). The topological polar surface area (TPSA) is 42.0 Å². The number of nitrogens with one attached hydrogen (secondary N) is 1. The van der Waals surface area contributed by atoms with Crippen LogP contribution in [0.25, 0.3) is 22.2 Å². The molecule has 0 aliphatic carbocycles. The fourth-order valence-corrected chi connectivity index (χ4v) is 3.94. The van der Waals surface area contributed by atoms with Crippen LogP contribution >= 0.6 is 23.2 Å². The van der Waals surface area contributed by atoms with Crippen LogP contribution in [0.1, 0.15) is 22.3 Å². The summed E-state index contributed by atoms with van der Waals surface area (Å²) in [5.74, 6) is -0.118.